The van der Waals surface area contributed by atoms with E-state index in [1.54, 1.807) is 20.3 Å². The van der Waals surface area contributed by atoms with Gasteiger partial charge in [0.1, 0.15) is 11.5 Å². The van der Waals surface area contributed by atoms with Gasteiger partial charge in [-0.3, -0.25) is 0 Å². The maximum atomic E-state index is 9.08. The van der Waals surface area contributed by atoms with Gasteiger partial charge in [0.05, 0.1) is 27.4 Å². The lowest BCUT2D eigenvalue weighted by molar-refractivity contribution is 0.274. The first-order chi connectivity index (χ1) is 16.6. The van der Waals surface area contributed by atoms with Crippen LogP contribution in [0.4, 0.5) is 0 Å². The van der Waals surface area contributed by atoms with Gasteiger partial charge in [0, 0.05) is 18.2 Å². The Morgan fingerprint density at radius 1 is 0.833 bits per heavy atom. The molecule has 0 aliphatic rings. The number of hydrogen-bond donors (Lipinski definition) is 2. The SMILES string of the molecule is C.C=CCc1c(CO)cccc1OC.C=CCc1c(CO[Si](C)(C)C(C)(C)C)cccc1OC.CO. The second-order valence-electron chi connectivity index (χ2n) is 9.39. The molecule has 0 fully saturated rings. The predicted molar refractivity (Wildman–Crippen MR) is 157 cm³/mol. The van der Waals surface area contributed by atoms with Crippen LogP contribution in [0.5, 0.6) is 11.5 Å². The summed E-state index contributed by atoms with van der Waals surface area (Å²) in [7, 11) is 2.61. The summed E-state index contributed by atoms with van der Waals surface area (Å²) in [5.74, 6) is 1.73. The highest BCUT2D eigenvalue weighted by Gasteiger charge is 2.37. The molecule has 0 bridgehead atoms. The average molecular weight is 519 g/mol. The number of methoxy groups -OCH3 is 2. The number of allylic oxidation sites excluding steroid dienone is 2. The minimum Gasteiger partial charge on any atom is -0.496 e. The molecule has 0 spiro atoms. The molecule has 0 saturated heterocycles. The molecular formula is C30H50O5Si. The summed E-state index contributed by atoms with van der Waals surface area (Å²) >= 11 is 0. The third-order valence-electron chi connectivity index (χ3n) is 6.16. The van der Waals surface area contributed by atoms with E-state index in [-0.39, 0.29) is 19.1 Å². The number of benzene rings is 2. The van der Waals surface area contributed by atoms with Crippen molar-refractivity contribution >= 4 is 8.32 Å². The van der Waals surface area contributed by atoms with Crippen molar-refractivity contribution in [1.82, 2.24) is 0 Å². The van der Waals surface area contributed by atoms with E-state index in [1.807, 2.05) is 36.4 Å². The summed E-state index contributed by atoms with van der Waals surface area (Å²) in [4.78, 5) is 0. The summed E-state index contributed by atoms with van der Waals surface area (Å²) in [6, 6.07) is 11.8. The largest absolute Gasteiger partial charge is 0.496 e. The summed E-state index contributed by atoms with van der Waals surface area (Å²) in [6.45, 7) is 19.5. The van der Waals surface area contributed by atoms with Crippen molar-refractivity contribution in [1.29, 1.82) is 0 Å². The molecule has 5 nitrogen and oxygen atoms in total. The lowest BCUT2D eigenvalue weighted by Crippen LogP contribution is -2.40. The Morgan fingerprint density at radius 3 is 1.61 bits per heavy atom. The van der Waals surface area contributed by atoms with Crippen LogP contribution < -0.4 is 9.47 Å². The Balaban J connectivity index is 0. The molecule has 0 amide bonds. The van der Waals surface area contributed by atoms with Crippen LogP contribution in [-0.4, -0.2) is 39.9 Å². The maximum absolute atomic E-state index is 9.08. The molecule has 0 aromatic heterocycles. The van der Waals surface area contributed by atoms with Gasteiger partial charge in [-0.2, -0.15) is 0 Å². The van der Waals surface area contributed by atoms with Gasteiger partial charge in [-0.05, 0) is 54.2 Å². The molecule has 2 rings (SSSR count). The molecule has 0 atom stereocenters. The van der Waals surface area contributed by atoms with Crippen molar-refractivity contribution in [3.8, 4) is 11.5 Å². The molecule has 0 heterocycles. The third kappa shape index (κ3) is 10.7. The van der Waals surface area contributed by atoms with Crippen LogP contribution in [0.25, 0.3) is 0 Å². The topological polar surface area (TPSA) is 68.2 Å². The van der Waals surface area contributed by atoms with Gasteiger partial charge in [0.2, 0.25) is 0 Å². The molecule has 0 radical (unpaired) electrons. The second-order valence-corrected chi connectivity index (χ2v) is 14.2. The Labute approximate surface area is 221 Å². The van der Waals surface area contributed by atoms with E-state index in [1.165, 1.54) is 11.1 Å². The lowest BCUT2D eigenvalue weighted by Gasteiger charge is -2.36. The summed E-state index contributed by atoms with van der Waals surface area (Å²) in [6.07, 6.45) is 5.24. The predicted octanol–water partition coefficient (Wildman–Crippen LogP) is 7.11. The number of aliphatic hydroxyl groups is 2. The molecule has 0 saturated carbocycles. The van der Waals surface area contributed by atoms with Crippen molar-refractivity contribution in [3.63, 3.8) is 0 Å². The molecule has 2 aromatic rings. The molecule has 204 valence electrons. The first-order valence-corrected chi connectivity index (χ1v) is 14.7. The van der Waals surface area contributed by atoms with E-state index < -0.39 is 8.32 Å². The van der Waals surface area contributed by atoms with Gasteiger partial charge in [0.25, 0.3) is 0 Å². The highest BCUT2D eigenvalue weighted by atomic mass is 28.4. The minimum absolute atomic E-state index is 0. The molecular weight excluding hydrogens is 468 g/mol. The van der Waals surface area contributed by atoms with E-state index in [0.29, 0.717) is 6.61 Å². The zero-order chi connectivity index (χ0) is 27.1. The quantitative estimate of drug-likeness (QED) is 0.259. The van der Waals surface area contributed by atoms with Crippen LogP contribution in [0.2, 0.25) is 18.1 Å². The standard InChI is InChI=1S/C17H28O2Si.C11H14O2.CH4O.CH4/c1-8-10-15-14(11-9-12-16(15)18-5)13-19-20(6,7)17(2,3)4;1-3-5-10-9(8-12)6-4-7-11(10)13-2;1-2;/h8-9,11-12H,1,10,13H2,2-7H3;3-4,6-7,12H,1,5,8H2,2H3;2H,1H3;1H4. The zero-order valence-electron chi connectivity index (χ0n) is 23.0. The van der Waals surface area contributed by atoms with Crippen LogP contribution in [0.15, 0.2) is 61.7 Å². The van der Waals surface area contributed by atoms with Crippen molar-refractivity contribution in [2.45, 2.75) is 72.4 Å². The summed E-state index contributed by atoms with van der Waals surface area (Å²) in [5, 5.41) is 16.3. The third-order valence-corrected chi connectivity index (χ3v) is 10.6. The van der Waals surface area contributed by atoms with Crippen molar-refractivity contribution in [2.24, 2.45) is 0 Å². The Hall–Kier alpha value is -2.38. The Kier molecular flexibility index (Phi) is 17.8. The fourth-order valence-corrected chi connectivity index (χ4v) is 4.06. The molecule has 6 heteroatoms. The van der Waals surface area contributed by atoms with E-state index in [9.17, 15) is 0 Å². The van der Waals surface area contributed by atoms with E-state index in [4.69, 9.17) is 24.1 Å². The second kappa shape index (κ2) is 18.0. The van der Waals surface area contributed by atoms with Crippen LogP contribution in [0.3, 0.4) is 0 Å². The molecule has 2 N–H and O–H groups in total. The van der Waals surface area contributed by atoms with Gasteiger partial charge in [-0.25, -0.2) is 0 Å². The number of aliphatic hydroxyl groups excluding tert-OH is 2. The molecule has 0 aliphatic carbocycles. The maximum Gasteiger partial charge on any atom is 0.192 e. The van der Waals surface area contributed by atoms with Crippen molar-refractivity contribution < 1.29 is 24.1 Å². The van der Waals surface area contributed by atoms with Crippen LogP contribution in [0.1, 0.15) is 50.5 Å². The van der Waals surface area contributed by atoms with Gasteiger partial charge in [0.15, 0.2) is 8.32 Å². The summed E-state index contributed by atoms with van der Waals surface area (Å²) in [5.41, 5.74) is 4.31. The van der Waals surface area contributed by atoms with E-state index in [2.05, 4.69) is 53.1 Å². The minimum atomic E-state index is -1.73. The van der Waals surface area contributed by atoms with Gasteiger partial charge < -0.3 is 24.1 Å². The van der Waals surface area contributed by atoms with E-state index >= 15 is 0 Å². The van der Waals surface area contributed by atoms with Gasteiger partial charge in [-0.1, -0.05) is 64.6 Å². The molecule has 0 unspecified atom stereocenters. The van der Waals surface area contributed by atoms with Gasteiger partial charge >= 0.3 is 0 Å². The highest BCUT2D eigenvalue weighted by Crippen LogP contribution is 2.37. The fraction of sp³-hybridized carbons (Fsp3) is 0.467. The monoisotopic (exact) mass is 518 g/mol. The lowest BCUT2D eigenvalue weighted by atomic mass is 10.0. The molecule has 2 aromatic carbocycles. The number of ether oxygens (including phenoxy) is 2. The molecule has 36 heavy (non-hydrogen) atoms. The fourth-order valence-electron chi connectivity index (χ4n) is 3.11. The Bertz CT molecular complexity index is 878. The first-order valence-electron chi connectivity index (χ1n) is 11.8. The normalized spacial score (nSPS) is 10.5. The smallest absolute Gasteiger partial charge is 0.192 e. The van der Waals surface area contributed by atoms with Gasteiger partial charge in [-0.15, -0.1) is 13.2 Å². The zero-order valence-corrected chi connectivity index (χ0v) is 24.0. The summed E-state index contributed by atoms with van der Waals surface area (Å²) < 4.78 is 16.9. The Morgan fingerprint density at radius 2 is 1.25 bits per heavy atom. The number of rotatable bonds is 10. The highest BCUT2D eigenvalue weighted by molar-refractivity contribution is 6.74. The van der Waals surface area contributed by atoms with E-state index in [0.717, 1.165) is 42.6 Å². The van der Waals surface area contributed by atoms with Crippen molar-refractivity contribution in [3.05, 3.63) is 84.0 Å². The molecule has 0 aliphatic heterocycles. The number of hydrogen-bond acceptors (Lipinski definition) is 5. The van der Waals surface area contributed by atoms with Crippen LogP contribution in [0, 0.1) is 0 Å². The first kappa shape index (κ1) is 35.8. The van der Waals surface area contributed by atoms with Crippen LogP contribution in [-0.2, 0) is 30.5 Å². The van der Waals surface area contributed by atoms with Crippen LogP contribution >= 0.6 is 0 Å². The average Bonchev–Trinajstić information content (AvgIpc) is 2.84. The van der Waals surface area contributed by atoms with Crippen molar-refractivity contribution in [2.75, 3.05) is 21.3 Å².